The zero-order valence-corrected chi connectivity index (χ0v) is 19.5. The second-order valence-electron chi connectivity index (χ2n) is 9.60. The molecule has 0 N–H and O–H groups in total. The molecule has 0 heterocycles. The van der Waals surface area contributed by atoms with E-state index in [4.69, 9.17) is 0 Å². The Morgan fingerprint density at radius 3 is 2.09 bits per heavy atom. The first-order valence-corrected chi connectivity index (χ1v) is 12.1. The average molecular weight is 426 g/mol. The van der Waals surface area contributed by atoms with Crippen molar-refractivity contribution in [2.24, 2.45) is 5.92 Å². The van der Waals surface area contributed by atoms with Gasteiger partial charge in [0.05, 0.1) is 6.54 Å². The van der Waals surface area contributed by atoms with Gasteiger partial charge in [0.25, 0.3) is 5.91 Å². The molecule has 1 aliphatic rings. The highest BCUT2D eigenvalue weighted by Crippen LogP contribution is 2.33. The highest BCUT2D eigenvalue weighted by Gasteiger charge is 2.20. The maximum atomic E-state index is 13.6. The Morgan fingerprint density at radius 1 is 0.812 bits per heavy atom. The predicted molar refractivity (Wildman–Crippen MR) is 134 cm³/mol. The molecule has 0 unspecified atom stereocenters. The van der Waals surface area contributed by atoms with E-state index >= 15 is 0 Å². The van der Waals surface area contributed by atoms with E-state index in [0.29, 0.717) is 18.4 Å². The molecular formula is C30H35NO. The van der Waals surface area contributed by atoms with Crippen molar-refractivity contribution < 1.29 is 4.79 Å². The minimum atomic E-state index is 0.0513. The second-order valence-corrected chi connectivity index (χ2v) is 9.60. The Hall–Kier alpha value is -2.87. The highest BCUT2D eigenvalue weighted by atomic mass is 16.2. The van der Waals surface area contributed by atoms with Crippen molar-refractivity contribution in [3.63, 3.8) is 0 Å². The summed E-state index contributed by atoms with van der Waals surface area (Å²) in [4.78, 5) is 15.5. The summed E-state index contributed by atoms with van der Waals surface area (Å²) < 4.78 is 0. The number of carbonyl (C=O) groups is 1. The number of carbonyl (C=O) groups excluding carboxylic acids is 1. The fraction of sp³-hybridized carbons (Fsp3) is 0.367. The van der Waals surface area contributed by atoms with Gasteiger partial charge < -0.3 is 4.90 Å². The monoisotopic (exact) mass is 425 g/mol. The lowest BCUT2D eigenvalue weighted by Gasteiger charge is -2.25. The first-order valence-electron chi connectivity index (χ1n) is 12.1. The smallest absolute Gasteiger partial charge is 0.258 e. The van der Waals surface area contributed by atoms with Gasteiger partial charge in [-0.3, -0.25) is 4.79 Å². The van der Waals surface area contributed by atoms with E-state index in [9.17, 15) is 4.79 Å². The molecule has 0 bridgehead atoms. The van der Waals surface area contributed by atoms with Crippen molar-refractivity contribution in [3.05, 3.63) is 101 Å². The summed E-state index contributed by atoms with van der Waals surface area (Å²) in [5.74, 6) is 1.33. The van der Waals surface area contributed by atoms with E-state index in [-0.39, 0.29) is 5.91 Å². The van der Waals surface area contributed by atoms with Gasteiger partial charge in [-0.25, -0.2) is 0 Å². The van der Waals surface area contributed by atoms with Crippen LogP contribution in [-0.4, -0.2) is 5.91 Å². The van der Waals surface area contributed by atoms with Gasteiger partial charge in [0, 0.05) is 11.3 Å². The number of anilines is 1. The molecule has 0 saturated heterocycles. The Labute approximate surface area is 193 Å². The molecule has 0 spiro atoms. The topological polar surface area (TPSA) is 20.3 Å². The van der Waals surface area contributed by atoms with Crippen molar-refractivity contribution in [1.29, 1.82) is 0 Å². The summed E-state index contributed by atoms with van der Waals surface area (Å²) in [6, 6.07) is 27.2. The molecule has 3 aromatic carbocycles. The average Bonchev–Trinajstić information content (AvgIpc) is 2.84. The molecule has 0 atom stereocenters. The Balaban J connectivity index is 1.59. The normalized spacial score (nSPS) is 14.5. The van der Waals surface area contributed by atoms with Gasteiger partial charge in [0.15, 0.2) is 0 Å². The lowest BCUT2D eigenvalue weighted by Crippen LogP contribution is -2.30. The zero-order chi connectivity index (χ0) is 22.3. The molecule has 1 amide bonds. The molecule has 32 heavy (non-hydrogen) atoms. The summed E-state index contributed by atoms with van der Waals surface area (Å²) in [6.07, 6.45) is 7.63. The van der Waals surface area contributed by atoms with E-state index in [1.54, 1.807) is 0 Å². The molecular weight excluding hydrogens is 390 g/mol. The summed E-state index contributed by atoms with van der Waals surface area (Å²) in [5.41, 5.74) is 5.53. The number of amides is 1. The molecule has 2 heteroatoms. The van der Waals surface area contributed by atoms with E-state index in [1.807, 2.05) is 35.2 Å². The lowest BCUT2D eigenvalue weighted by atomic mass is 9.84. The molecule has 3 aromatic rings. The molecule has 4 rings (SSSR count). The van der Waals surface area contributed by atoms with Crippen LogP contribution in [0.3, 0.4) is 0 Å². The molecule has 1 saturated carbocycles. The van der Waals surface area contributed by atoms with E-state index in [0.717, 1.165) is 23.2 Å². The Kier molecular flexibility index (Phi) is 7.42. The standard InChI is InChI=1S/C30H35NO/c1-23(2)21-24-13-15-28(16-14-24)30(32)31(22-25-9-5-3-6-10-25)29-19-17-27(18-20-29)26-11-7-4-8-12-26/h3,5-6,9-10,13-20,23,26H,4,7-8,11-12,21-22H2,1-2H3. The van der Waals surface area contributed by atoms with Crippen molar-refractivity contribution in [1.82, 2.24) is 0 Å². The van der Waals surface area contributed by atoms with Crippen LogP contribution in [0.5, 0.6) is 0 Å². The third-order valence-electron chi connectivity index (χ3n) is 6.55. The molecule has 0 aromatic heterocycles. The van der Waals surface area contributed by atoms with E-state index in [2.05, 4.69) is 62.4 Å². The number of hydrogen-bond acceptors (Lipinski definition) is 1. The van der Waals surface area contributed by atoms with Crippen molar-refractivity contribution in [3.8, 4) is 0 Å². The first-order chi connectivity index (χ1) is 15.6. The van der Waals surface area contributed by atoms with Gasteiger partial charge in [-0.15, -0.1) is 0 Å². The van der Waals surface area contributed by atoms with Crippen LogP contribution in [0.4, 0.5) is 5.69 Å². The van der Waals surface area contributed by atoms with Crippen molar-refractivity contribution in [2.75, 3.05) is 4.90 Å². The zero-order valence-electron chi connectivity index (χ0n) is 19.5. The molecule has 0 radical (unpaired) electrons. The van der Waals surface area contributed by atoms with Crippen LogP contribution >= 0.6 is 0 Å². The Morgan fingerprint density at radius 2 is 1.47 bits per heavy atom. The lowest BCUT2D eigenvalue weighted by molar-refractivity contribution is 0.0985. The second kappa shape index (κ2) is 10.6. The van der Waals surface area contributed by atoms with Crippen LogP contribution < -0.4 is 4.90 Å². The van der Waals surface area contributed by atoms with Gasteiger partial charge in [0.1, 0.15) is 0 Å². The Bertz CT molecular complexity index is 983. The summed E-state index contributed by atoms with van der Waals surface area (Å²) in [7, 11) is 0. The first kappa shape index (κ1) is 22.3. The van der Waals surface area contributed by atoms with Crippen LogP contribution in [0.1, 0.15) is 78.9 Å². The van der Waals surface area contributed by atoms with E-state index < -0.39 is 0 Å². The van der Waals surface area contributed by atoms with Crippen LogP contribution in [0.2, 0.25) is 0 Å². The minimum absolute atomic E-state index is 0.0513. The number of nitrogens with zero attached hydrogens (tertiary/aromatic N) is 1. The molecule has 0 aliphatic heterocycles. The van der Waals surface area contributed by atoms with Crippen molar-refractivity contribution >= 4 is 11.6 Å². The molecule has 2 nitrogen and oxygen atoms in total. The summed E-state index contributed by atoms with van der Waals surface area (Å²) in [6.45, 7) is 5.01. The third-order valence-corrected chi connectivity index (χ3v) is 6.55. The fourth-order valence-corrected chi connectivity index (χ4v) is 4.82. The highest BCUT2D eigenvalue weighted by molar-refractivity contribution is 6.06. The number of hydrogen-bond donors (Lipinski definition) is 0. The molecule has 1 aliphatic carbocycles. The van der Waals surface area contributed by atoms with Gasteiger partial charge in [-0.2, -0.15) is 0 Å². The fourth-order valence-electron chi connectivity index (χ4n) is 4.82. The predicted octanol–water partition coefficient (Wildman–Crippen LogP) is 7.78. The molecule has 1 fully saturated rings. The van der Waals surface area contributed by atoms with Gasteiger partial charge >= 0.3 is 0 Å². The SMILES string of the molecule is CC(C)Cc1ccc(C(=O)N(Cc2ccccc2)c2ccc(C3CCCCC3)cc2)cc1. The van der Waals surface area contributed by atoms with Crippen LogP contribution in [0, 0.1) is 5.92 Å². The largest absolute Gasteiger partial charge is 0.304 e. The number of rotatable bonds is 7. The van der Waals surface area contributed by atoms with E-state index in [1.165, 1.54) is 43.2 Å². The third kappa shape index (κ3) is 5.68. The maximum Gasteiger partial charge on any atom is 0.258 e. The van der Waals surface area contributed by atoms with Crippen LogP contribution in [0.15, 0.2) is 78.9 Å². The number of benzene rings is 3. The summed E-state index contributed by atoms with van der Waals surface area (Å²) in [5, 5.41) is 0. The van der Waals surface area contributed by atoms with Crippen LogP contribution in [0.25, 0.3) is 0 Å². The van der Waals surface area contributed by atoms with Gasteiger partial charge in [-0.05, 0) is 72.1 Å². The summed E-state index contributed by atoms with van der Waals surface area (Å²) >= 11 is 0. The maximum absolute atomic E-state index is 13.6. The molecule has 166 valence electrons. The van der Waals surface area contributed by atoms with Crippen molar-refractivity contribution in [2.45, 2.75) is 64.8 Å². The quantitative estimate of drug-likeness (QED) is 0.378. The minimum Gasteiger partial charge on any atom is -0.304 e. The van der Waals surface area contributed by atoms with Gasteiger partial charge in [-0.1, -0.05) is 87.7 Å². The van der Waals surface area contributed by atoms with Crippen LogP contribution in [-0.2, 0) is 13.0 Å². The van der Waals surface area contributed by atoms with Gasteiger partial charge in [0.2, 0.25) is 0 Å².